The zero-order valence-corrected chi connectivity index (χ0v) is 13.1. The number of benzene rings is 1. The van der Waals surface area contributed by atoms with Crippen molar-refractivity contribution in [2.24, 2.45) is 0 Å². The number of ether oxygens (including phenoxy) is 1. The van der Waals surface area contributed by atoms with Crippen LogP contribution in [-0.2, 0) is 0 Å². The molecule has 1 aromatic heterocycles. The maximum Gasteiger partial charge on any atom is 0.355 e. The number of halogens is 2. The second kappa shape index (κ2) is 6.62. The molecule has 0 radical (unpaired) electrons. The van der Waals surface area contributed by atoms with Crippen LogP contribution in [0.5, 0.6) is 5.75 Å². The van der Waals surface area contributed by atoms with Crippen LogP contribution in [0.2, 0.25) is 5.02 Å². The zero-order chi connectivity index (χ0) is 17.1. The minimum atomic E-state index is -1.30. The Balaban J connectivity index is 2.73. The van der Waals surface area contributed by atoms with Crippen molar-refractivity contribution in [3.8, 4) is 17.1 Å². The Morgan fingerprint density at radius 3 is 2.70 bits per heavy atom. The molecule has 0 aliphatic carbocycles. The van der Waals surface area contributed by atoms with Crippen molar-refractivity contribution in [3.05, 3.63) is 40.3 Å². The summed E-state index contributed by atoms with van der Waals surface area (Å²) in [4.78, 5) is 19.3. The summed E-state index contributed by atoms with van der Waals surface area (Å²) < 4.78 is 19.3. The molecule has 1 aromatic carbocycles. The van der Waals surface area contributed by atoms with Gasteiger partial charge in [-0.2, -0.15) is 0 Å². The topological polar surface area (TPSA) is 98.3 Å². The molecule has 6 nitrogen and oxygen atoms in total. The van der Waals surface area contributed by atoms with E-state index in [2.05, 4.69) is 9.97 Å². The Labute approximate surface area is 136 Å². The summed E-state index contributed by atoms with van der Waals surface area (Å²) in [5.41, 5.74) is 5.56. The van der Waals surface area contributed by atoms with E-state index in [-0.39, 0.29) is 39.2 Å². The van der Waals surface area contributed by atoms with Gasteiger partial charge in [-0.3, -0.25) is 0 Å². The second-order valence-corrected chi connectivity index (χ2v) is 4.85. The number of allylic oxidation sites excluding steroid dienone is 1. The fourth-order valence-corrected chi connectivity index (χ4v) is 2.22. The van der Waals surface area contributed by atoms with Crippen LogP contribution in [0, 0.1) is 5.82 Å². The Kier molecular flexibility index (Phi) is 4.80. The van der Waals surface area contributed by atoms with Crippen LogP contribution in [0.4, 0.5) is 10.2 Å². The molecule has 0 spiro atoms. The molecule has 0 saturated carbocycles. The van der Waals surface area contributed by atoms with E-state index < -0.39 is 11.8 Å². The molecule has 0 fully saturated rings. The van der Waals surface area contributed by atoms with Gasteiger partial charge in [-0.05, 0) is 19.1 Å². The maximum atomic E-state index is 14.4. The summed E-state index contributed by atoms with van der Waals surface area (Å²) in [5.74, 6) is -2.51. The number of hydrogen-bond acceptors (Lipinski definition) is 5. The molecule has 8 heteroatoms. The Hall–Kier alpha value is -2.67. The number of nitrogens with two attached hydrogens (primary N) is 1. The molecular weight excluding hydrogens is 325 g/mol. The van der Waals surface area contributed by atoms with E-state index in [0.717, 1.165) is 0 Å². The van der Waals surface area contributed by atoms with Crippen LogP contribution >= 0.6 is 11.6 Å². The summed E-state index contributed by atoms with van der Waals surface area (Å²) in [5, 5.41) is 9.36. The molecule has 3 N–H and O–H groups in total. The van der Waals surface area contributed by atoms with E-state index in [1.54, 1.807) is 13.0 Å². The minimum Gasteiger partial charge on any atom is -0.492 e. The number of aromatic carboxylic acids is 1. The number of nitrogens with zero attached hydrogens (tertiary/aromatic N) is 2. The quantitative estimate of drug-likeness (QED) is 0.888. The molecule has 0 amide bonds. The minimum absolute atomic E-state index is 0.0625. The predicted octanol–water partition coefficient (Wildman–Crippen LogP) is 3.26. The van der Waals surface area contributed by atoms with E-state index in [1.807, 2.05) is 0 Å². The third kappa shape index (κ3) is 3.09. The normalized spacial score (nSPS) is 11.0. The Morgan fingerprint density at radius 2 is 2.13 bits per heavy atom. The Bertz CT molecular complexity index is 809. The van der Waals surface area contributed by atoms with Crippen molar-refractivity contribution in [1.82, 2.24) is 9.97 Å². The molecule has 2 rings (SSSR count). The monoisotopic (exact) mass is 337 g/mol. The average molecular weight is 338 g/mol. The summed E-state index contributed by atoms with van der Waals surface area (Å²) in [7, 11) is 1.26. The number of hydrogen-bond donors (Lipinski definition) is 2. The smallest absolute Gasteiger partial charge is 0.355 e. The molecule has 120 valence electrons. The number of aromatic nitrogens is 2. The van der Waals surface area contributed by atoms with Gasteiger partial charge >= 0.3 is 5.97 Å². The van der Waals surface area contributed by atoms with Gasteiger partial charge in [0.15, 0.2) is 23.1 Å². The van der Waals surface area contributed by atoms with Gasteiger partial charge in [0.2, 0.25) is 0 Å². The van der Waals surface area contributed by atoms with Crippen LogP contribution in [0.1, 0.15) is 23.0 Å². The lowest BCUT2D eigenvalue weighted by Gasteiger charge is -2.11. The molecule has 2 aromatic rings. The van der Waals surface area contributed by atoms with Gasteiger partial charge in [-0.1, -0.05) is 23.8 Å². The first-order valence-corrected chi connectivity index (χ1v) is 6.84. The molecule has 0 bridgehead atoms. The molecule has 0 saturated heterocycles. The average Bonchev–Trinajstić information content (AvgIpc) is 2.49. The summed E-state index contributed by atoms with van der Waals surface area (Å²) in [6, 6.07) is 2.73. The fourth-order valence-electron chi connectivity index (χ4n) is 1.99. The highest BCUT2D eigenvalue weighted by atomic mass is 35.5. The van der Waals surface area contributed by atoms with Gasteiger partial charge in [0, 0.05) is 5.56 Å². The van der Waals surface area contributed by atoms with Gasteiger partial charge < -0.3 is 15.6 Å². The first-order chi connectivity index (χ1) is 10.9. The first-order valence-electron chi connectivity index (χ1n) is 6.46. The van der Waals surface area contributed by atoms with Gasteiger partial charge in [-0.15, -0.1) is 0 Å². The molecule has 0 aliphatic heterocycles. The van der Waals surface area contributed by atoms with Gasteiger partial charge in [-0.25, -0.2) is 19.2 Å². The van der Waals surface area contributed by atoms with Crippen LogP contribution in [0.25, 0.3) is 17.5 Å². The summed E-state index contributed by atoms with van der Waals surface area (Å²) in [6.45, 7) is 1.70. The summed E-state index contributed by atoms with van der Waals surface area (Å²) >= 11 is 5.83. The highest BCUT2D eigenvalue weighted by Gasteiger charge is 2.21. The number of nitrogen functional groups attached to an aromatic ring is 1. The van der Waals surface area contributed by atoms with E-state index in [4.69, 9.17) is 22.1 Å². The molecule has 0 unspecified atom stereocenters. The van der Waals surface area contributed by atoms with Crippen LogP contribution in [0.3, 0.4) is 0 Å². The van der Waals surface area contributed by atoms with E-state index >= 15 is 0 Å². The maximum absolute atomic E-state index is 14.4. The third-order valence-electron chi connectivity index (χ3n) is 3.01. The second-order valence-electron chi connectivity index (χ2n) is 4.44. The van der Waals surface area contributed by atoms with Gasteiger partial charge in [0.1, 0.15) is 5.82 Å². The number of rotatable bonds is 4. The first kappa shape index (κ1) is 16.7. The van der Waals surface area contributed by atoms with Gasteiger partial charge in [0.25, 0.3) is 0 Å². The number of carboxylic acid groups (broad SMARTS) is 1. The number of methoxy groups -OCH3 is 1. The van der Waals surface area contributed by atoms with E-state index in [0.29, 0.717) is 0 Å². The van der Waals surface area contributed by atoms with E-state index in [1.165, 1.54) is 25.3 Å². The number of anilines is 1. The largest absolute Gasteiger partial charge is 0.492 e. The van der Waals surface area contributed by atoms with Gasteiger partial charge in [0.05, 0.1) is 17.7 Å². The molecular formula is C15H13ClFN3O3. The van der Waals surface area contributed by atoms with Crippen molar-refractivity contribution in [2.45, 2.75) is 6.92 Å². The molecule has 0 aliphatic rings. The van der Waals surface area contributed by atoms with Crippen LogP contribution in [0.15, 0.2) is 18.2 Å². The SMILES string of the molecule is C/C=C\c1c(N)nc(-c2ccc(Cl)c(OC)c2F)nc1C(=O)O. The van der Waals surface area contributed by atoms with Crippen LogP contribution in [-0.4, -0.2) is 28.2 Å². The number of carbonyl (C=O) groups is 1. The van der Waals surface area contributed by atoms with Crippen molar-refractivity contribution in [1.29, 1.82) is 0 Å². The van der Waals surface area contributed by atoms with Crippen molar-refractivity contribution < 1.29 is 19.0 Å². The number of carboxylic acids is 1. The lowest BCUT2D eigenvalue weighted by atomic mass is 10.1. The van der Waals surface area contributed by atoms with Crippen molar-refractivity contribution in [3.63, 3.8) is 0 Å². The fraction of sp³-hybridized carbons (Fsp3) is 0.133. The predicted molar refractivity (Wildman–Crippen MR) is 85.1 cm³/mol. The van der Waals surface area contributed by atoms with Crippen molar-refractivity contribution in [2.75, 3.05) is 12.8 Å². The zero-order valence-electron chi connectivity index (χ0n) is 12.3. The Morgan fingerprint density at radius 1 is 1.43 bits per heavy atom. The molecule has 1 heterocycles. The highest BCUT2D eigenvalue weighted by molar-refractivity contribution is 6.32. The van der Waals surface area contributed by atoms with Crippen LogP contribution < -0.4 is 10.5 Å². The lowest BCUT2D eigenvalue weighted by Crippen LogP contribution is -2.10. The van der Waals surface area contributed by atoms with E-state index in [9.17, 15) is 14.3 Å². The highest BCUT2D eigenvalue weighted by Crippen LogP contribution is 2.34. The van der Waals surface area contributed by atoms with Crippen molar-refractivity contribution >= 4 is 29.5 Å². The summed E-state index contributed by atoms with van der Waals surface area (Å²) in [6.07, 6.45) is 3.08. The standard InChI is InChI=1S/C15H13ClFN3O3/c1-3-4-8-11(15(21)22)19-14(20-13(8)18)7-5-6-9(16)12(23-2)10(7)17/h3-6H,1-2H3,(H,21,22)(H2,18,19,20)/b4-3-. The molecule has 0 atom stereocenters. The third-order valence-corrected chi connectivity index (χ3v) is 3.30. The molecule has 23 heavy (non-hydrogen) atoms. The lowest BCUT2D eigenvalue weighted by molar-refractivity contribution is 0.0690.